The second-order valence-electron chi connectivity index (χ2n) is 7.11. The van der Waals surface area contributed by atoms with E-state index in [-0.39, 0.29) is 6.10 Å². The van der Waals surface area contributed by atoms with Crippen LogP contribution in [0, 0.1) is 6.92 Å². The van der Waals surface area contributed by atoms with Crippen LogP contribution in [-0.2, 0) is 0 Å². The lowest BCUT2D eigenvalue weighted by atomic mass is 10.1. The highest BCUT2D eigenvalue weighted by Crippen LogP contribution is 2.18. The normalized spacial score (nSPS) is 17.8. The van der Waals surface area contributed by atoms with Gasteiger partial charge in [0.25, 0.3) is 0 Å². The molecule has 0 spiro atoms. The lowest BCUT2D eigenvalue weighted by Gasteiger charge is -2.27. The molecule has 0 aliphatic carbocycles. The number of rotatable bonds is 8. The first kappa shape index (κ1) is 19.7. The van der Waals surface area contributed by atoms with E-state index in [0.29, 0.717) is 11.8 Å². The Kier molecular flexibility index (Phi) is 7.65. The summed E-state index contributed by atoms with van der Waals surface area (Å²) in [5.41, 5.74) is 0.924. The van der Waals surface area contributed by atoms with Crippen molar-refractivity contribution >= 4 is 5.95 Å². The second kappa shape index (κ2) is 9.73. The number of hydrogen-bond acceptors (Lipinski definition) is 6. The van der Waals surface area contributed by atoms with Crippen LogP contribution in [0.25, 0.3) is 0 Å². The lowest BCUT2D eigenvalue weighted by Crippen LogP contribution is -2.38. The smallest absolute Gasteiger partial charge is 0.228 e. The molecule has 1 saturated heterocycles. The molecule has 1 aromatic rings. The fourth-order valence-electron chi connectivity index (χ4n) is 3.02. The number of aromatic nitrogens is 2. The average Bonchev–Trinajstić information content (AvgIpc) is 2.76. The predicted molar refractivity (Wildman–Crippen MR) is 103 cm³/mol. The fraction of sp³-hybridized carbons (Fsp3) is 0.684. The van der Waals surface area contributed by atoms with E-state index < -0.39 is 0 Å². The Morgan fingerprint density at radius 3 is 2.80 bits per heavy atom. The highest BCUT2D eigenvalue weighted by Gasteiger charge is 2.19. The molecule has 1 aromatic heterocycles. The summed E-state index contributed by atoms with van der Waals surface area (Å²) in [5, 5.41) is 0. The largest absolute Gasteiger partial charge is 0.473 e. The van der Waals surface area contributed by atoms with Crippen LogP contribution in [-0.4, -0.2) is 79.7 Å². The van der Waals surface area contributed by atoms with Crippen LogP contribution in [0.1, 0.15) is 25.0 Å². The minimum absolute atomic E-state index is 0.116. The Bertz CT molecular complexity index is 549. The van der Waals surface area contributed by atoms with E-state index in [2.05, 4.69) is 33.4 Å². The van der Waals surface area contributed by atoms with Crippen LogP contribution >= 0.6 is 0 Å². The van der Waals surface area contributed by atoms with Crippen molar-refractivity contribution in [2.75, 3.05) is 58.8 Å². The van der Waals surface area contributed by atoms with Crippen molar-refractivity contribution in [1.82, 2.24) is 19.8 Å². The van der Waals surface area contributed by atoms with Crippen LogP contribution in [0.3, 0.4) is 0 Å². The maximum atomic E-state index is 6.28. The number of anilines is 1. The summed E-state index contributed by atoms with van der Waals surface area (Å²) >= 11 is 0. The Balaban J connectivity index is 2.05. The summed E-state index contributed by atoms with van der Waals surface area (Å²) in [5.74, 6) is 1.35. The summed E-state index contributed by atoms with van der Waals surface area (Å²) in [6.07, 6.45) is 5.19. The molecule has 1 unspecified atom stereocenters. The molecule has 0 aromatic carbocycles. The molecule has 1 aliphatic rings. The topological polar surface area (TPSA) is 44.7 Å². The molecule has 0 saturated carbocycles. The first-order valence-corrected chi connectivity index (χ1v) is 9.19. The van der Waals surface area contributed by atoms with Crippen LogP contribution < -0.4 is 9.64 Å². The molecule has 6 heteroatoms. The Labute approximate surface area is 152 Å². The van der Waals surface area contributed by atoms with Gasteiger partial charge in [0.05, 0.1) is 0 Å². The molecule has 2 rings (SSSR count). The Morgan fingerprint density at radius 1 is 1.28 bits per heavy atom. The average molecular weight is 348 g/mol. The van der Waals surface area contributed by atoms with Gasteiger partial charge in [0, 0.05) is 45.5 Å². The van der Waals surface area contributed by atoms with Gasteiger partial charge in [-0.05, 0) is 46.3 Å². The third-order valence-electron chi connectivity index (χ3n) is 4.47. The van der Waals surface area contributed by atoms with Gasteiger partial charge in [0.15, 0.2) is 0 Å². The SMILES string of the molecule is C=CCCC(CN1CCCN(C)CC1)Oc1cc(C)nc(N(C)C)n1. The molecule has 0 N–H and O–H groups in total. The van der Waals surface area contributed by atoms with Crippen LogP contribution in [0.4, 0.5) is 5.95 Å². The van der Waals surface area contributed by atoms with E-state index in [1.807, 2.05) is 38.1 Å². The van der Waals surface area contributed by atoms with Crippen molar-refractivity contribution in [2.45, 2.75) is 32.3 Å². The van der Waals surface area contributed by atoms with Gasteiger partial charge < -0.3 is 14.5 Å². The van der Waals surface area contributed by atoms with Crippen LogP contribution in [0.5, 0.6) is 5.88 Å². The Morgan fingerprint density at radius 2 is 2.08 bits per heavy atom. The highest BCUT2D eigenvalue weighted by molar-refractivity contribution is 5.32. The van der Waals surface area contributed by atoms with Gasteiger partial charge in [-0.2, -0.15) is 4.98 Å². The van der Waals surface area contributed by atoms with Gasteiger partial charge in [-0.25, -0.2) is 4.98 Å². The standard InChI is InChI=1S/C19H33N5O/c1-6-7-9-17(15-24-11-8-10-23(5)12-13-24)25-18-14-16(2)20-19(21-18)22(3)4/h6,14,17H,1,7-13,15H2,2-5H3. The zero-order chi connectivity index (χ0) is 18.2. The molecule has 2 heterocycles. The maximum absolute atomic E-state index is 6.28. The molecule has 1 aliphatic heterocycles. The molecule has 0 radical (unpaired) electrons. The summed E-state index contributed by atoms with van der Waals surface area (Å²) in [6, 6.07) is 1.92. The van der Waals surface area contributed by atoms with Gasteiger partial charge >= 0.3 is 0 Å². The number of hydrogen-bond donors (Lipinski definition) is 0. The van der Waals surface area contributed by atoms with E-state index in [9.17, 15) is 0 Å². The van der Waals surface area contributed by atoms with Gasteiger partial charge in [-0.15, -0.1) is 6.58 Å². The van der Waals surface area contributed by atoms with Gasteiger partial charge in [0.2, 0.25) is 11.8 Å². The lowest BCUT2D eigenvalue weighted by molar-refractivity contribution is 0.123. The number of likely N-dealkylation sites (N-methyl/N-ethyl adjacent to an activating group) is 1. The fourth-order valence-corrected chi connectivity index (χ4v) is 3.02. The molecule has 1 fully saturated rings. The molecular weight excluding hydrogens is 314 g/mol. The minimum atomic E-state index is 0.116. The zero-order valence-electron chi connectivity index (χ0n) is 16.2. The van der Waals surface area contributed by atoms with Gasteiger partial charge in [-0.3, -0.25) is 4.90 Å². The maximum Gasteiger partial charge on any atom is 0.228 e. The third kappa shape index (κ3) is 6.63. The Hall–Kier alpha value is -1.66. The summed E-state index contributed by atoms with van der Waals surface area (Å²) in [4.78, 5) is 15.8. The monoisotopic (exact) mass is 347 g/mol. The van der Waals surface area contributed by atoms with Crippen LogP contribution in [0.15, 0.2) is 18.7 Å². The third-order valence-corrected chi connectivity index (χ3v) is 4.47. The molecule has 0 amide bonds. The molecule has 140 valence electrons. The number of ether oxygens (including phenoxy) is 1. The van der Waals surface area contributed by atoms with E-state index in [0.717, 1.165) is 44.7 Å². The number of allylic oxidation sites excluding steroid dienone is 1. The molecular formula is C19H33N5O. The first-order chi connectivity index (χ1) is 12.0. The van der Waals surface area contributed by atoms with Crippen molar-refractivity contribution in [3.8, 4) is 5.88 Å². The quantitative estimate of drug-likeness (QED) is 0.672. The molecule has 6 nitrogen and oxygen atoms in total. The van der Waals surface area contributed by atoms with Gasteiger partial charge in [-0.1, -0.05) is 6.08 Å². The zero-order valence-corrected chi connectivity index (χ0v) is 16.2. The summed E-state index contributed by atoms with van der Waals surface area (Å²) < 4.78 is 6.28. The van der Waals surface area contributed by atoms with Gasteiger partial charge in [0.1, 0.15) is 6.10 Å². The highest BCUT2D eigenvalue weighted by atomic mass is 16.5. The second-order valence-corrected chi connectivity index (χ2v) is 7.11. The number of aryl methyl sites for hydroxylation is 1. The van der Waals surface area contributed by atoms with Crippen LogP contribution in [0.2, 0.25) is 0 Å². The first-order valence-electron chi connectivity index (χ1n) is 9.19. The molecule has 1 atom stereocenters. The molecule has 0 bridgehead atoms. The van der Waals surface area contributed by atoms with E-state index in [1.54, 1.807) is 0 Å². The van der Waals surface area contributed by atoms with E-state index in [4.69, 9.17) is 4.74 Å². The van der Waals surface area contributed by atoms with Crippen molar-refractivity contribution in [2.24, 2.45) is 0 Å². The summed E-state index contributed by atoms with van der Waals surface area (Å²) in [7, 11) is 6.09. The van der Waals surface area contributed by atoms with E-state index in [1.165, 1.54) is 13.0 Å². The van der Waals surface area contributed by atoms with E-state index >= 15 is 0 Å². The van der Waals surface area contributed by atoms with Crippen molar-refractivity contribution in [1.29, 1.82) is 0 Å². The van der Waals surface area contributed by atoms with Crippen molar-refractivity contribution in [3.63, 3.8) is 0 Å². The van der Waals surface area contributed by atoms with Crippen molar-refractivity contribution < 1.29 is 4.74 Å². The summed E-state index contributed by atoms with van der Waals surface area (Å²) in [6.45, 7) is 11.3. The predicted octanol–water partition coefficient (Wildman–Crippen LogP) is 2.20. The minimum Gasteiger partial charge on any atom is -0.473 e. The van der Waals surface area contributed by atoms with Crippen molar-refractivity contribution in [3.05, 3.63) is 24.4 Å². The molecule has 25 heavy (non-hydrogen) atoms. The number of nitrogens with zero attached hydrogens (tertiary/aromatic N) is 5.